The molecule has 0 nitrogen and oxygen atoms in total. The molecule has 0 aromatic heterocycles. The summed E-state index contributed by atoms with van der Waals surface area (Å²) in [7, 11) is 0. The summed E-state index contributed by atoms with van der Waals surface area (Å²) in [4.78, 5) is 3.15. The van der Waals surface area contributed by atoms with E-state index in [9.17, 15) is 0 Å². The number of halogens is 1. The highest BCUT2D eigenvalue weighted by Gasteiger charge is 2.03. The van der Waals surface area contributed by atoms with Gasteiger partial charge in [0.15, 0.2) is 0 Å². The molecule has 2 rings (SSSR count). The van der Waals surface area contributed by atoms with Gasteiger partial charge < -0.3 is 0 Å². The van der Waals surface area contributed by atoms with E-state index in [1.165, 1.54) is 0 Å². The molecule has 0 amide bonds. The van der Waals surface area contributed by atoms with Crippen molar-refractivity contribution in [2.75, 3.05) is 0 Å². The van der Waals surface area contributed by atoms with Crippen LogP contribution >= 0.6 is 36.0 Å². The summed E-state index contributed by atoms with van der Waals surface area (Å²) in [6, 6.07) is 15.8. The van der Waals surface area contributed by atoms with Crippen LogP contribution in [0.5, 0.6) is 0 Å². The number of rotatable bonds is 2. The lowest BCUT2D eigenvalue weighted by Gasteiger charge is -2.05. The summed E-state index contributed by atoms with van der Waals surface area (Å²) >= 11 is 12.1. The first-order valence-electron chi connectivity index (χ1n) is 4.48. The van der Waals surface area contributed by atoms with Crippen molar-refractivity contribution in [3.8, 4) is 0 Å². The van der Waals surface area contributed by atoms with Crippen LogP contribution in [0, 0.1) is 0 Å². The van der Waals surface area contributed by atoms with Gasteiger partial charge in [0, 0.05) is 14.7 Å². The maximum Gasteiger partial charge on any atom is 0.0545 e. The van der Waals surface area contributed by atoms with E-state index in [2.05, 4.69) is 12.6 Å². The first-order chi connectivity index (χ1) is 7.27. The van der Waals surface area contributed by atoms with Crippen molar-refractivity contribution in [3.63, 3.8) is 0 Å². The first kappa shape index (κ1) is 10.9. The monoisotopic (exact) mass is 252 g/mol. The molecule has 0 aliphatic rings. The normalized spacial score (nSPS) is 10.3. The van der Waals surface area contributed by atoms with E-state index in [4.69, 9.17) is 11.6 Å². The van der Waals surface area contributed by atoms with E-state index in [0.29, 0.717) is 0 Å². The first-order valence-corrected chi connectivity index (χ1v) is 6.12. The summed E-state index contributed by atoms with van der Waals surface area (Å²) in [5.74, 6) is 0. The molecular formula is C12H9ClS2. The molecule has 0 fully saturated rings. The quantitative estimate of drug-likeness (QED) is 0.751. The van der Waals surface area contributed by atoms with Crippen LogP contribution in [-0.4, -0.2) is 0 Å². The molecule has 76 valence electrons. The van der Waals surface area contributed by atoms with Gasteiger partial charge in [-0.05, 0) is 24.3 Å². The lowest BCUT2D eigenvalue weighted by Crippen LogP contribution is -1.76. The van der Waals surface area contributed by atoms with Crippen LogP contribution in [0.2, 0.25) is 5.02 Å². The van der Waals surface area contributed by atoms with Crippen molar-refractivity contribution in [1.29, 1.82) is 0 Å². The van der Waals surface area contributed by atoms with Crippen molar-refractivity contribution < 1.29 is 0 Å². The predicted octanol–water partition coefficient (Wildman–Crippen LogP) is 4.78. The minimum Gasteiger partial charge on any atom is -0.142 e. The Morgan fingerprint density at radius 1 is 0.867 bits per heavy atom. The van der Waals surface area contributed by atoms with Gasteiger partial charge in [-0.3, -0.25) is 0 Å². The highest BCUT2D eigenvalue weighted by atomic mass is 35.5. The molecule has 0 spiro atoms. The van der Waals surface area contributed by atoms with Crippen LogP contribution < -0.4 is 0 Å². The van der Waals surface area contributed by atoms with Crippen LogP contribution in [0.25, 0.3) is 0 Å². The summed E-state index contributed by atoms with van der Waals surface area (Å²) in [5.41, 5.74) is 0. The molecule has 0 radical (unpaired) electrons. The van der Waals surface area contributed by atoms with E-state index in [-0.39, 0.29) is 0 Å². The van der Waals surface area contributed by atoms with Gasteiger partial charge >= 0.3 is 0 Å². The molecular weight excluding hydrogens is 244 g/mol. The maximum atomic E-state index is 6.08. The zero-order chi connectivity index (χ0) is 10.7. The Morgan fingerprint density at radius 3 is 2.13 bits per heavy atom. The summed E-state index contributed by atoms with van der Waals surface area (Å²) in [5, 5.41) is 0.777. The van der Waals surface area contributed by atoms with Crippen LogP contribution in [-0.2, 0) is 0 Å². The maximum absolute atomic E-state index is 6.08. The van der Waals surface area contributed by atoms with Gasteiger partial charge in [-0.15, -0.1) is 12.6 Å². The lowest BCUT2D eigenvalue weighted by atomic mass is 10.4. The fourth-order valence-electron chi connectivity index (χ4n) is 1.19. The van der Waals surface area contributed by atoms with E-state index in [0.717, 1.165) is 19.7 Å². The average Bonchev–Trinajstić information content (AvgIpc) is 2.24. The minimum atomic E-state index is 0.777. The highest BCUT2D eigenvalue weighted by Crippen LogP contribution is 2.35. The average molecular weight is 253 g/mol. The van der Waals surface area contributed by atoms with Crippen LogP contribution in [0.1, 0.15) is 0 Å². The van der Waals surface area contributed by atoms with Crippen molar-refractivity contribution >= 4 is 36.0 Å². The number of hydrogen-bond donors (Lipinski definition) is 1. The van der Waals surface area contributed by atoms with Gasteiger partial charge in [0.1, 0.15) is 0 Å². The molecule has 0 aliphatic heterocycles. The third-order valence-corrected chi connectivity index (χ3v) is 4.06. The Labute approximate surface area is 104 Å². The van der Waals surface area contributed by atoms with Gasteiger partial charge in [-0.25, -0.2) is 0 Å². The molecule has 0 unspecified atom stereocenters. The third-order valence-electron chi connectivity index (χ3n) is 1.92. The van der Waals surface area contributed by atoms with Crippen LogP contribution in [0.4, 0.5) is 0 Å². The fraction of sp³-hybridized carbons (Fsp3) is 0. The van der Waals surface area contributed by atoms with E-state index < -0.39 is 0 Å². The molecule has 15 heavy (non-hydrogen) atoms. The molecule has 0 heterocycles. The SMILES string of the molecule is Sc1ccccc1Sc1ccccc1Cl. The highest BCUT2D eigenvalue weighted by molar-refractivity contribution is 8.00. The van der Waals surface area contributed by atoms with Crippen LogP contribution in [0.3, 0.4) is 0 Å². The molecule has 0 N–H and O–H groups in total. The standard InChI is InChI=1S/C12H9ClS2/c13-9-5-1-3-7-11(9)15-12-8-4-2-6-10(12)14/h1-8,14H. The molecule has 0 saturated carbocycles. The molecule has 2 aromatic rings. The van der Waals surface area contributed by atoms with Crippen molar-refractivity contribution in [2.45, 2.75) is 14.7 Å². The largest absolute Gasteiger partial charge is 0.142 e. The van der Waals surface area contributed by atoms with Gasteiger partial charge in [0.05, 0.1) is 5.02 Å². The Hall–Kier alpha value is -0.570. The smallest absolute Gasteiger partial charge is 0.0545 e. The number of hydrogen-bond acceptors (Lipinski definition) is 2. The second kappa shape index (κ2) is 4.97. The van der Waals surface area contributed by atoms with Crippen LogP contribution in [0.15, 0.2) is 63.2 Å². The zero-order valence-corrected chi connectivity index (χ0v) is 10.3. The van der Waals surface area contributed by atoms with E-state index in [1.807, 2.05) is 48.5 Å². The van der Waals surface area contributed by atoms with Gasteiger partial charge in [-0.2, -0.15) is 0 Å². The van der Waals surface area contributed by atoms with Gasteiger partial charge in [-0.1, -0.05) is 47.6 Å². The molecule has 0 saturated heterocycles. The summed E-state index contributed by atoms with van der Waals surface area (Å²) in [6.45, 7) is 0. The zero-order valence-electron chi connectivity index (χ0n) is 7.85. The second-order valence-corrected chi connectivity index (χ2v) is 4.97. The number of benzene rings is 2. The Morgan fingerprint density at radius 2 is 1.47 bits per heavy atom. The second-order valence-electron chi connectivity index (χ2n) is 3.00. The Balaban J connectivity index is 2.30. The summed E-state index contributed by atoms with van der Waals surface area (Å²) in [6.07, 6.45) is 0. The van der Waals surface area contributed by atoms with E-state index >= 15 is 0 Å². The van der Waals surface area contributed by atoms with Gasteiger partial charge in [0.2, 0.25) is 0 Å². The van der Waals surface area contributed by atoms with Crippen molar-refractivity contribution in [2.24, 2.45) is 0 Å². The summed E-state index contributed by atoms with van der Waals surface area (Å²) < 4.78 is 0. The van der Waals surface area contributed by atoms with Gasteiger partial charge in [0.25, 0.3) is 0 Å². The fourth-order valence-corrected chi connectivity index (χ4v) is 2.61. The molecule has 0 atom stereocenters. The molecule has 2 aromatic carbocycles. The molecule has 0 aliphatic carbocycles. The number of thiol groups is 1. The Kier molecular flexibility index (Phi) is 3.62. The Bertz CT molecular complexity index is 425. The lowest BCUT2D eigenvalue weighted by molar-refractivity contribution is 1.25. The third kappa shape index (κ3) is 2.71. The minimum absolute atomic E-state index is 0.777. The van der Waals surface area contributed by atoms with E-state index in [1.54, 1.807) is 11.8 Å². The molecule has 0 bridgehead atoms. The molecule has 3 heteroatoms. The topological polar surface area (TPSA) is 0 Å². The predicted molar refractivity (Wildman–Crippen MR) is 69.3 cm³/mol. The van der Waals surface area contributed by atoms with Crippen molar-refractivity contribution in [3.05, 3.63) is 53.6 Å². The van der Waals surface area contributed by atoms with Crippen molar-refractivity contribution in [1.82, 2.24) is 0 Å².